The molecule has 0 saturated carbocycles. The maximum Gasteiger partial charge on any atom is 0.0689 e. The van der Waals surface area contributed by atoms with Crippen molar-refractivity contribution in [2.75, 3.05) is 0 Å². The van der Waals surface area contributed by atoms with Crippen molar-refractivity contribution >= 4 is 16.6 Å². The van der Waals surface area contributed by atoms with Gasteiger partial charge in [-0.25, -0.2) is 0 Å². The number of pyridine rings is 1. The molecule has 1 N–H and O–H groups in total. The first-order valence-corrected chi connectivity index (χ1v) is 3.43. The number of rotatable bonds is 0. The molecule has 0 radical (unpaired) electrons. The topological polar surface area (TPSA) is 36.7 Å². The van der Waals surface area contributed by atoms with Crippen LogP contribution in [0.3, 0.4) is 0 Å². The van der Waals surface area contributed by atoms with Crippen LogP contribution in [-0.2, 0) is 0 Å². The van der Waals surface area contributed by atoms with E-state index in [4.69, 9.17) is 5.73 Å². The Morgan fingerprint density at radius 3 is 2.58 bits per heavy atom. The summed E-state index contributed by atoms with van der Waals surface area (Å²) in [5, 5.41) is 0.912. The molecular formula is C9H7N2U-. The predicted octanol–water partition coefficient (Wildman–Crippen LogP) is 2.92. The Bertz CT molecular complexity index is 382. The molecule has 0 spiro atoms. The average molecular weight is 381 g/mol. The van der Waals surface area contributed by atoms with Crippen molar-refractivity contribution in [1.82, 2.24) is 4.98 Å². The minimum absolute atomic E-state index is 0. The van der Waals surface area contributed by atoms with Gasteiger partial charge in [-0.1, -0.05) is 24.3 Å². The Hall–Kier alpha value is -0.518. The Balaban J connectivity index is 0.000000720. The first kappa shape index (κ1) is 9.57. The molecule has 0 aliphatic carbocycles. The normalized spacial score (nSPS) is 9.33. The van der Waals surface area contributed by atoms with Crippen molar-refractivity contribution in [3.8, 4) is 0 Å². The van der Waals surface area contributed by atoms with E-state index in [1.807, 2.05) is 24.3 Å². The quantitative estimate of drug-likeness (QED) is 0.692. The molecule has 1 aromatic heterocycles. The van der Waals surface area contributed by atoms with E-state index >= 15 is 0 Å². The second-order valence-electron chi connectivity index (χ2n) is 2.38. The summed E-state index contributed by atoms with van der Waals surface area (Å²) in [6, 6.07) is 9.36. The van der Waals surface area contributed by atoms with E-state index in [2.05, 4.69) is 4.98 Å². The number of nitrogens with one attached hydrogen (secondary N) is 1. The molecule has 0 amide bonds. The summed E-state index contributed by atoms with van der Waals surface area (Å²) in [5.74, 6) is 0. The molecule has 0 aliphatic heterocycles. The summed E-state index contributed by atoms with van der Waals surface area (Å²) in [7, 11) is 0. The van der Waals surface area contributed by atoms with E-state index in [1.165, 1.54) is 0 Å². The summed E-state index contributed by atoms with van der Waals surface area (Å²) in [6.07, 6.45) is 1.66. The molecule has 0 atom stereocenters. The third-order valence-corrected chi connectivity index (χ3v) is 1.65. The van der Waals surface area contributed by atoms with Crippen LogP contribution in [0.25, 0.3) is 16.6 Å². The van der Waals surface area contributed by atoms with E-state index in [1.54, 1.807) is 12.3 Å². The van der Waals surface area contributed by atoms with Crippen LogP contribution in [-0.4, -0.2) is 4.98 Å². The molecular weight excluding hydrogens is 374 g/mol. The van der Waals surface area contributed by atoms with Crippen molar-refractivity contribution in [2.24, 2.45) is 0 Å². The van der Waals surface area contributed by atoms with Crippen LogP contribution >= 0.6 is 0 Å². The SMILES string of the molecule is [NH-]c1ccnc2ccccc12.[U]. The Morgan fingerprint density at radius 1 is 1.08 bits per heavy atom. The first-order chi connectivity index (χ1) is 5.38. The van der Waals surface area contributed by atoms with Crippen LogP contribution in [0.4, 0.5) is 5.69 Å². The summed E-state index contributed by atoms with van der Waals surface area (Å²) in [6.45, 7) is 0. The fourth-order valence-electron chi connectivity index (χ4n) is 1.10. The molecule has 2 nitrogen and oxygen atoms in total. The van der Waals surface area contributed by atoms with Gasteiger partial charge in [0.25, 0.3) is 0 Å². The summed E-state index contributed by atoms with van der Waals surface area (Å²) >= 11 is 0. The Kier molecular flexibility index (Phi) is 3.14. The number of benzene rings is 1. The molecule has 0 unspecified atom stereocenters. The van der Waals surface area contributed by atoms with Gasteiger partial charge in [-0.05, 0) is 11.5 Å². The van der Waals surface area contributed by atoms with E-state index in [0.717, 1.165) is 10.9 Å². The molecule has 2 rings (SSSR count). The number of hydrogen-bond acceptors (Lipinski definition) is 1. The molecule has 2 aromatic rings. The third kappa shape index (κ3) is 1.63. The molecule has 1 heterocycles. The minimum atomic E-state index is 0. The molecule has 1 aromatic carbocycles. The number of nitrogens with zero attached hydrogens (tertiary/aromatic N) is 1. The summed E-state index contributed by atoms with van der Waals surface area (Å²) in [4.78, 5) is 4.12. The standard InChI is InChI=1S/C9H7N2.U/c10-8-5-6-11-9-4-2-1-3-7(8)9;/h1-6H,(H-,10,11);/q-1;. The van der Waals surface area contributed by atoms with Gasteiger partial charge in [0.2, 0.25) is 0 Å². The van der Waals surface area contributed by atoms with Crippen molar-refractivity contribution < 1.29 is 31.1 Å². The predicted molar refractivity (Wildman–Crippen MR) is 45.7 cm³/mol. The maximum atomic E-state index is 7.52. The van der Waals surface area contributed by atoms with Crippen LogP contribution in [0.1, 0.15) is 0 Å². The number of para-hydroxylation sites is 1. The van der Waals surface area contributed by atoms with Crippen molar-refractivity contribution in [1.29, 1.82) is 0 Å². The molecule has 3 heteroatoms. The van der Waals surface area contributed by atoms with Crippen LogP contribution in [0.2, 0.25) is 0 Å². The minimum Gasteiger partial charge on any atom is -0.698 e. The third-order valence-electron chi connectivity index (χ3n) is 1.65. The molecule has 0 bridgehead atoms. The summed E-state index contributed by atoms with van der Waals surface area (Å²) in [5.41, 5.74) is 8.95. The van der Waals surface area contributed by atoms with E-state index in [-0.39, 0.29) is 31.1 Å². The fourth-order valence-corrected chi connectivity index (χ4v) is 1.10. The molecule has 58 valence electrons. The van der Waals surface area contributed by atoms with Gasteiger partial charge in [0.1, 0.15) is 0 Å². The largest absolute Gasteiger partial charge is 0.698 e. The van der Waals surface area contributed by atoms with Crippen LogP contribution in [0.15, 0.2) is 36.5 Å². The average Bonchev–Trinajstić information content (AvgIpc) is 2.06. The Morgan fingerprint density at radius 2 is 1.83 bits per heavy atom. The van der Waals surface area contributed by atoms with Gasteiger partial charge in [-0.3, -0.25) is 4.98 Å². The van der Waals surface area contributed by atoms with Gasteiger partial charge in [0.05, 0.1) is 5.52 Å². The van der Waals surface area contributed by atoms with E-state index in [0.29, 0.717) is 5.69 Å². The molecule has 0 saturated heterocycles. The monoisotopic (exact) mass is 381 g/mol. The maximum absolute atomic E-state index is 7.52. The van der Waals surface area contributed by atoms with Crippen molar-refractivity contribution in [3.05, 3.63) is 42.3 Å². The first-order valence-electron chi connectivity index (χ1n) is 3.43. The molecule has 12 heavy (non-hydrogen) atoms. The second kappa shape index (κ2) is 3.93. The zero-order chi connectivity index (χ0) is 7.68. The van der Waals surface area contributed by atoms with Crippen molar-refractivity contribution in [2.45, 2.75) is 0 Å². The number of aromatic nitrogens is 1. The smallest absolute Gasteiger partial charge is 0.0689 e. The van der Waals surface area contributed by atoms with Gasteiger partial charge in [-0.15, -0.1) is 5.69 Å². The zero-order valence-corrected chi connectivity index (χ0v) is 10.6. The van der Waals surface area contributed by atoms with Gasteiger partial charge in [-0.2, -0.15) is 0 Å². The van der Waals surface area contributed by atoms with Crippen LogP contribution < -0.4 is 0 Å². The number of fused-ring (bicyclic) bond motifs is 1. The summed E-state index contributed by atoms with van der Waals surface area (Å²) < 4.78 is 0. The van der Waals surface area contributed by atoms with Gasteiger partial charge >= 0.3 is 0 Å². The number of hydrogen-bond donors (Lipinski definition) is 0. The van der Waals surface area contributed by atoms with E-state index in [9.17, 15) is 0 Å². The van der Waals surface area contributed by atoms with Gasteiger partial charge < -0.3 is 5.73 Å². The van der Waals surface area contributed by atoms with Crippen LogP contribution in [0.5, 0.6) is 0 Å². The van der Waals surface area contributed by atoms with Gasteiger partial charge in [0.15, 0.2) is 0 Å². The van der Waals surface area contributed by atoms with Crippen molar-refractivity contribution in [3.63, 3.8) is 0 Å². The molecule has 0 fully saturated rings. The molecule has 0 aliphatic rings. The zero-order valence-electron chi connectivity index (χ0n) is 6.41. The second-order valence-corrected chi connectivity index (χ2v) is 2.38. The fraction of sp³-hybridized carbons (Fsp3) is 0. The van der Waals surface area contributed by atoms with Gasteiger partial charge in [0, 0.05) is 37.3 Å². The van der Waals surface area contributed by atoms with Crippen LogP contribution in [0, 0.1) is 31.1 Å². The van der Waals surface area contributed by atoms with E-state index < -0.39 is 0 Å². The Labute approximate surface area is 94.6 Å².